The molecule has 2 aliphatic heterocycles. The normalized spacial score (nSPS) is 20.9. The first-order chi connectivity index (χ1) is 14.8. The number of imide groups is 1. The molecule has 166 valence electrons. The van der Waals surface area contributed by atoms with Crippen LogP contribution in [0.1, 0.15) is 30.9 Å². The summed E-state index contributed by atoms with van der Waals surface area (Å²) in [4.78, 5) is 51.9. The first-order valence-corrected chi connectivity index (χ1v) is 10.5. The molecule has 2 aliphatic rings. The molecule has 2 aromatic rings. The molecule has 0 bridgehead atoms. The largest absolute Gasteiger partial charge is 0.481 e. The van der Waals surface area contributed by atoms with Gasteiger partial charge in [0.2, 0.25) is 11.8 Å². The van der Waals surface area contributed by atoms with Crippen LogP contribution in [-0.4, -0.2) is 74.5 Å². The fourth-order valence-electron chi connectivity index (χ4n) is 4.42. The number of carbonyl (C=O) groups excluding carboxylic acids is 2. The average Bonchev–Trinajstić information content (AvgIpc) is 2.98. The summed E-state index contributed by atoms with van der Waals surface area (Å²) in [5, 5.41) is 11.2. The van der Waals surface area contributed by atoms with E-state index in [1.807, 2.05) is 18.2 Å². The molecule has 0 spiro atoms. The SMILES string of the molecule is Cn1c(=O)n(C2CCC(=O)NC2=O)c2ccc(CN3CCN(CCC(=O)O)CC3)cc21. The van der Waals surface area contributed by atoms with Gasteiger partial charge in [0, 0.05) is 52.7 Å². The Kier molecular flexibility index (Phi) is 5.92. The lowest BCUT2D eigenvalue weighted by molar-refractivity contribution is -0.138. The lowest BCUT2D eigenvalue weighted by Gasteiger charge is -2.34. The van der Waals surface area contributed by atoms with Crippen molar-refractivity contribution in [3.05, 3.63) is 34.2 Å². The molecule has 0 saturated carbocycles. The number of hydrogen-bond donors (Lipinski definition) is 2. The maximum atomic E-state index is 12.9. The van der Waals surface area contributed by atoms with Crippen LogP contribution in [0.4, 0.5) is 0 Å². The highest BCUT2D eigenvalue weighted by molar-refractivity contribution is 6.00. The Morgan fingerprint density at radius 1 is 1.10 bits per heavy atom. The fourth-order valence-corrected chi connectivity index (χ4v) is 4.42. The molecule has 0 aliphatic carbocycles. The molecule has 0 radical (unpaired) electrons. The highest BCUT2D eigenvalue weighted by Gasteiger charge is 2.31. The molecule has 2 N–H and O–H groups in total. The van der Waals surface area contributed by atoms with Crippen LogP contribution in [0, 0.1) is 0 Å². The number of carbonyl (C=O) groups is 3. The summed E-state index contributed by atoms with van der Waals surface area (Å²) in [6, 6.07) is 5.15. The molecule has 1 aromatic heterocycles. The van der Waals surface area contributed by atoms with E-state index in [0.717, 1.165) is 43.8 Å². The number of aliphatic carboxylic acids is 1. The van der Waals surface area contributed by atoms with Gasteiger partial charge in [-0.1, -0.05) is 6.07 Å². The number of imidazole rings is 1. The summed E-state index contributed by atoms with van der Waals surface area (Å²) in [5.41, 5.74) is 2.24. The van der Waals surface area contributed by atoms with Gasteiger partial charge in [-0.05, 0) is 24.1 Å². The van der Waals surface area contributed by atoms with Crippen LogP contribution in [0.15, 0.2) is 23.0 Å². The minimum atomic E-state index is -0.773. The van der Waals surface area contributed by atoms with E-state index in [4.69, 9.17) is 5.11 Å². The van der Waals surface area contributed by atoms with Crippen LogP contribution < -0.4 is 11.0 Å². The quantitative estimate of drug-likeness (QED) is 0.617. The topological polar surface area (TPSA) is 117 Å². The number of rotatable bonds is 6. The van der Waals surface area contributed by atoms with Crippen LogP contribution in [0.25, 0.3) is 11.0 Å². The van der Waals surface area contributed by atoms with Gasteiger partial charge < -0.3 is 10.0 Å². The van der Waals surface area contributed by atoms with E-state index in [2.05, 4.69) is 15.1 Å². The molecule has 1 unspecified atom stereocenters. The molecule has 2 saturated heterocycles. The van der Waals surface area contributed by atoms with Gasteiger partial charge in [-0.25, -0.2) is 4.79 Å². The number of nitrogens with one attached hydrogen (secondary N) is 1. The van der Waals surface area contributed by atoms with Crippen molar-refractivity contribution in [3.8, 4) is 0 Å². The van der Waals surface area contributed by atoms with Gasteiger partial charge in [-0.3, -0.25) is 33.7 Å². The maximum absolute atomic E-state index is 12.9. The number of aromatic nitrogens is 2. The van der Waals surface area contributed by atoms with E-state index >= 15 is 0 Å². The highest BCUT2D eigenvalue weighted by Crippen LogP contribution is 2.24. The predicted octanol–water partition coefficient (Wildman–Crippen LogP) is -0.0900. The second kappa shape index (κ2) is 8.64. The molecule has 10 nitrogen and oxygen atoms in total. The monoisotopic (exact) mass is 429 g/mol. The van der Waals surface area contributed by atoms with Gasteiger partial charge in [0.15, 0.2) is 0 Å². The van der Waals surface area contributed by atoms with Gasteiger partial charge >= 0.3 is 11.7 Å². The van der Waals surface area contributed by atoms with Crippen molar-refractivity contribution in [2.24, 2.45) is 7.05 Å². The van der Waals surface area contributed by atoms with Gasteiger partial charge in [-0.15, -0.1) is 0 Å². The van der Waals surface area contributed by atoms with E-state index in [1.165, 1.54) is 4.57 Å². The minimum absolute atomic E-state index is 0.162. The molecule has 3 heterocycles. The molecule has 4 rings (SSSR count). The molecular weight excluding hydrogens is 402 g/mol. The standard InChI is InChI=1S/C21H27N5O5/c1-23-17-12-14(13-25-10-8-24(9-11-25)7-6-19(28)29)2-3-15(17)26(21(23)31)16-4-5-18(27)22-20(16)30/h2-3,12,16H,4-11,13H2,1H3,(H,28,29)(H,22,27,30). The summed E-state index contributed by atoms with van der Waals surface area (Å²) in [6.45, 7) is 4.69. The van der Waals surface area contributed by atoms with E-state index in [9.17, 15) is 19.2 Å². The molecule has 1 atom stereocenters. The molecule has 2 amide bonds. The number of fused-ring (bicyclic) bond motifs is 1. The number of aryl methyl sites for hydroxylation is 1. The van der Waals surface area contributed by atoms with Crippen LogP contribution in [0.2, 0.25) is 0 Å². The lowest BCUT2D eigenvalue weighted by Crippen LogP contribution is -2.46. The van der Waals surface area contributed by atoms with Crippen LogP contribution in [0.3, 0.4) is 0 Å². The Bertz CT molecular complexity index is 1080. The van der Waals surface area contributed by atoms with E-state index < -0.39 is 17.9 Å². The second-order valence-electron chi connectivity index (χ2n) is 8.26. The molecule has 2 fully saturated rings. The van der Waals surface area contributed by atoms with E-state index in [-0.39, 0.29) is 24.4 Å². The van der Waals surface area contributed by atoms with E-state index in [1.54, 1.807) is 11.6 Å². The predicted molar refractivity (Wildman–Crippen MR) is 113 cm³/mol. The van der Waals surface area contributed by atoms with Gasteiger partial charge in [-0.2, -0.15) is 0 Å². The smallest absolute Gasteiger partial charge is 0.329 e. The first kappa shape index (κ1) is 21.3. The van der Waals surface area contributed by atoms with Crippen LogP contribution in [-0.2, 0) is 28.0 Å². The summed E-state index contributed by atoms with van der Waals surface area (Å²) in [7, 11) is 1.69. The van der Waals surface area contributed by atoms with Crippen molar-refractivity contribution in [3.63, 3.8) is 0 Å². The number of nitrogens with zero attached hydrogens (tertiary/aromatic N) is 4. The zero-order valence-electron chi connectivity index (χ0n) is 17.5. The minimum Gasteiger partial charge on any atom is -0.481 e. The van der Waals surface area contributed by atoms with Crippen molar-refractivity contribution >= 4 is 28.8 Å². The Hall–Kier alpha value is -2.98. The summed E-state index contributed by atoms with van der Waals surface area (Å²) in [6.07, 6.45) is 0.697. The molecular formula is C21H27N5O5. The number of piperidine rings is 1. The molecule has 10 heteroatoms. The van der Waals surface area contributed by atoms with Crippen LogP contribution in [0.5, 0.6) is 0 Å². The zero-order valence-corrected chi connectivity index (χ0v) is 17.5. The Labute approximate surface area is 179 Å². The van der Waals surface area contributed by atoms with E-state index in [0.29, 0.717) is 18.5 Å². The number of carboxylic acids is 1. The third-order valence-electron chi connectivity index (χ3n) is 6.19. The number of hydrogen-bond acceptors (Lipinski definition) is 6. The van der Waals surface area contributed by atoms with Crippen molar-refractivity contribution in [2.45, 2.75) is 31.8 Å². The summed E-state index contributed by atoms with van der Waals surface area (Å²) >= 11 is 0. The van der Waals surface area contributed by atoms with Gasteiger partial charge in [0.25, 0.3) is 0 Å². The van der Waals surface area contributed by atoms with Gasteiger partial charge in [0.05, 0.1) is 17.5 Å². The lowest BCUT2D eigenvalue weighted by atomic mass is 10.1. The highest BCUT2D eigenvalue weighted by atomic mass is 16.4. The fraction of sp³-hybridized carbons (Fsp3) is 0.524. The van der Waals surface area contributed by atoms with Crippen molar-refractivity contribution < 1.29 is 19.5 Å². The average molecular weight is 429 g/mol. The maximum Gasteiger partial charge on any atom is 0.329 e. The molecule has 31 heavy (non-hydrogen) atoms. The third-order valence-corrected chi connectivity index (χ3v) is 6.19. The number of benzene rings is 1. The Morgan fingerprint density at radius 2 is 1.81 bits per heavy atom. The van der Waals surface area contributed by atoms with Crippen molar-refractivity contribution in [2.75, 3.05) is 32.7 Å². The summed E-state index contributed by atoms with van der Waals surface area (Å²) in [5.74, 6) is -1.51. The van der Waals surface area contributed by atoms with Gasteiger partial charge in [0.1, 0.15) is 6.04 Å². The van der Waals surface area contributed by atoms with Crippen molar-refractivity contribution in [1.29, 1.82) is 0 Å². The zero-order chi connectivity index (χ0) is 22.1. The number of amides is 2. The number of carboxylic acid groups (broad SMARTS) is 1. The summed E-state index contributed by atoms with van der Waals surface area (Å²) < 4.78 is 3.04. The number of piperazine rings is 1. The Morgan fingerprint density at radius 3 is 2.48 bits per heavy atom. The van der Waals surface area contributed by atoms with Crippen LogP contribution >= 0.6 is 0 Å². The third kappa shape index (κ3) is 4.40. The first-order valence-electron chi connectivity index (χ1n) is 10.5. The Balaban J connectivity index is 1.49. The molecule has 1 aromatic carbocycles. The second-order valence-corrected chi connectivity index (χ2v) is 8.26. The van der Waals surface area contributed by atoms with Crippen molar-refractivity contribution in [1.82, 2.24) is 24.3 Å².